The number of ether oxygens (including phenoxy) is 1. The van der Waals surface area contributed by atoms with Gasteiger partial charge < -0.3 is 14.5 Å². The van der Waals surface area contributed by atoms with Gasteiger partial charge in [0.1, 0.15) is 17.5 Å². The maximum Gasteiger partial charge on any atom is 0.350 e. The fraction of sp³-hybridized carbons (Fsp3) is 0.414. The van der Waals surface area contributed by atoms with Crippen LogP contribution in [0.3, 0.4) is 0 Å². The second-order valence-electron chi connectivity index (χ2n) is 10.4. The normalized spacial score (nSPS) is 21.3. The number of aromatic nitrogens is 2. The minimum atomic E-state index is -0.833. The quantitative estimate of drug-likeness (QED) is 0.299. The molecule has 0 bridgehead atoms. The van der Waals surface area contributed by atoms with Crippen LogP contribution < -0.4 is 10.6 Å². The van der Waals surface area contributed by atoms with Crippen LogP contribution in [-0.2, 0) is 16.1 Å². The number of methoxy groups -OCH3 is 1. The summed E-state index contributed by atoms with van der Waals surface area (Å²) in [6.45, 7) is 10.6. The Morgan fingerprint density at radius 3 is 2.52 bits per heavy atom. The third-order valence-electron chi connectivity index (χ3n) is 7.73. The molecule has 3 heterocycles. The van der Waals surface area contributed by atoms with Gasteiger partial charge in [0.15, 0.2) is 0 Å². The van der Waals surface area contributed by atoms with E-state index in [0.717, 1.165) is 17.0 Å². The number of halogens is 3. The molecule has 1 fully saturated rings. The fourth-order valence-electron chi connectivity index (χ4n) is 5.94. The summed E-state index contributed by atoms with van der Waals surface area (Å²) < 4.78 is 36.6. The molecule has 1 saturated heterocycles. The SMILES string of the molecule is C=CC(=O)N1[C@H](C)CN(c2nc(=O)n3c4c(c(-c5cc(Cl)c(F)cc5F)c(C)cc24)SCC[C@@H](OC)C3)C[C@@H]1C. The fourth-order valence-corrected chi connectivity index (χ4v) is 7.46. The Kier molecular flexibility index (Phi) is 7.96. The van der Waals surface area contributed by atoms with E-state index in [4.69, 9.17) is 16.3 Å². The summed E-state index contributed by atoms with van der Waals surface area (Å²) in [6.07, 6.45) is 1.78. The molecule has 2 aliphatic rings. The molecule has 0 aliphatic carbocycles. The van der Waals surface area contributed by atoms with Crippen molar-refractivity contribution in [1.29, 1.82) is 0 Å². The average Bonchev–Trinajstić information content (AvgIpc) is 2.89. The molecule has 2 aromatic carbocycles. The van der Waals surface area contributed by atoms with E-state index < -0.39 is 17.3 Å². The van der Waals surface area contributed by atoms with Gasteiger partial charge in [-0.15, -0.1) is 11.8 Å². The number of carbonyl (C=O) groups is 1. The third-order valence-corrected chi connectivity index (χ3v) is 9.14. The lowest BCUT2D eigenvalue weighted by atomic mass is 9.96. The lowest BCUT2D eigenvalue weighted by Crippen LogP contribution is -2.58. The zero-order valence-corrected chi connectivity index (χ0v) is 24.4. The smallest absolute Gasteiger partial charge is 0.350 e. The van der Waals surface area contributed by atoms with E-state index in [2.05, 4.69) is 11.6 Å². The van der Waals surface area contributed by atoms with Gasteiger partial charge in [0.25, 0.3) is 0 Å². The van der Waals surface area contributed by atoms with Crippen LogP contribution in [-0.4, -0.2) is 64.5 Å². The molecule has 5 rings (SSSR count). The van der Waals surface area contributed by atoms with Crippen molar-refractivity contribution < 1.29 is 18.3 Å². The van der Waals surface area contributed by atoms with Crippen LogP contribution in [0.15, 0.2) is 40.5 Å². The summed E-state index contributed by atoms with van der Waals surface area (Å²) in [7, 11) is 1.62. The Hall–Kier alpha value is -2.95. The number of thioether (sulfide) groups is 1. The first-order valence-electron chi connectivity index (χ1n) is 13.1. The van der Waals surface area contributed by atoms with Crippen molar-refractivity contribution in [2.24, 2.45) is 0 Å². The number of piperazine rings is 1. The van der Waals surface area contributed by atoms with Gasteiger partial charge in [-0.1, -0.05) is 18.2 Å². The van der Waals surface area contributed by atoms with Crippen LogP contribution in [0.4, 0.5) is 14.6 Å². The molecule has 0 spiro atoms. The number of carbonyl (C=O) groups excluding carboxylic acids is 1. The highest BCUT2D eigenvalue weighted by molar-refractivity contribution is 7.99. The summed E-state index contributed by atoms with van der Waals surface area (Å²) in [6, 6.07) is 3.71. The van der Waals surface area contributed by atoms with E-state index in [1.54, 1.807) is 16.6 Å². The first kappa shape index (κ1) is 28.6. The van der Waals surface area contributed by atoms with Gasteiger partial charge in [0.05, 0.1) is 23.2 Å². The number of rotatable bonds is 4. The summed E-state index contributed by atoms with van der Waals surface area (Å²) in [4.78, 5) is 35.3. The molecule has 40 heavy (non-hydrogen) atoms. The molecule has 1 aromatic heterocycles. The molecule has 7 nitrogen and oxygen atoms in total. The van der Waals surface area contributed by atoms with Gasteiger partial charge in [0, 0.05) is 65.5 Å². The van der Waals surface area contributed by atoms with E-state index in [1.807, 2.05) is 31.7 Å². The summed E-state index contributed by atoms with van der Waals surface area (Å²) >= 11 is 7.60. The minimum absolute atomic E-state index is 0.139. The minimum Gasteiger partial charge on any atom is -0.380 e. The molecule has 3 atom stereocenters. The number of amides is 1. The second kappa shape index (κ2) is 11.1. The van der Waals surface area contributed by atoms with Gasteiger partial charge in [-0.2, -0.15) is 4.98 Å². The van der Waals surface area contributed by atoms with E-state index >= 15 is 4.39 Å². The van der Waals surface area contributed by atoms with Crippen molar-refractivity contribution in [3.63, 3.8) is 0 Å². The molecule has 3 aromatic rings. The molecule has 11 heteroatoms. The van der Waals surface area contributed by atoms with Crippen molar-refractivity contribution in [1.82, 2.24) is 14.5 Å². The van der Waals surface area contributed by atoms with Crippen LogP contribution in [0.5, 0.6) is 0 Å². The van der Waals surface area contributed by atoms with Crippen LogP contribution in [0.25, 0.3) is 22.0 Å². The number of hydrogen-bond acceptors (Lipinski definition) is 6. The van der Waals surface area contributed by atoms with Gasteiger partial charge in [-0.25, -0.2) is 13.6 Å². The molecule has 0 unspecified atom stereocenters. The topological polar surface area (TPSA) is 67.7 Å². The van der Waals surface area contributed by atoms with Crippen LogP contribution in [0.2, 0.25) is 5.02 Å². The molecule has 2 aliphatic heterocycles. The lowest BCUT2D eigenvalue weighted by Gasteiger charge is -2.44. The summed E-state index contributed by atoms with van der Waals surface area (Å²) in [5.74, 6) is -0.514. The lowest BCUT2D eigenvalue weighted by molar-refractivity contribution is -0.130. The maximum absolute atomic E-state index is 15.2. The van der Waals surface area contributed by atoms with Gasteiger partial charge in [-0.3, -0.25) is 9.36 Å². The average molecular weight is 589 g/mol. The van der Waals surface area contributed by atoms with E-state index in [-0.39, 0.29) is 41.2 Å². The highest BCUT2D eigenvalue weighted by atomic mass is 35.5. The van der Waals surface area contributed by atoms with Gasteiger partial charge in [0.2, 0.25) is 5.91 Å². The highest BCUT2D eigenvalue weighted by Crippen LogP contribution is 2.44. The Labute approximate surface area is 240 Å². The van der Waals surface area contributed by atoms with Gasteiger partial charge in [-0.05, 0) is 51.0 Å². The molecular formula is C29H31ClF2N4O3S. The number of benzene rings is 2. The number of hydrogen-bond donors (Lipinski definition) is 0. The molecular weight excluding hydrogens is 558 g/mol. The predicted molar refractivity (Wildman–Crippen MR) is 155 cm³/mol. The summed E-state index contributed by atoms with van der Waals surface area (Å²) in [5.41, 5.74) is 1.68. The Morgan fingerprint density at radius 1 is 1.18 bits per heavy atom. The molecule has 0 radical (unpaired) electrons. The number of nitrogens with zero attached hydrogens (tertiary/aromatic N) is 4. The first-order valence-corrected chi connectivity index (χ1v) is 14.5. The van der Waals surface area contributed by atoms with Crippen LogP contribution in [0, 0.1) is 18.6 Å². The van der Waals surface area contributed by atoms with Crippen molar-refractivity contribution in [2.75, 3.05) is 30.9 Å². The Balaban J connectivity index is 1.78. The standard InChI is InChI=1S/C29H31ClF2N4O3S/c1-6-24(37)36-16(3)12-34(13-17(36)4)28-20-9-15(2)25(19-10-21(30)23(32)11-22(19)31)27-26(20)35(29(38)33-28)14-18(39-5)7-8-40-27/h6,9-11,16-18H,1,7-8,12-14H2,2-5H3/t16-,17+,18-/m1/s1. The molecule has 1 amide bonds. The largest absolute Gasteiger partial charge is 0.380 e. The van der Waals surface area contributed by atoms with E-state index in [1.165, 1.54) is 23.9 Å². The Morgan fingerprint density at radius 2 is 1.88 bits per heavy atom. The van der Waals surface area contributed by atoms with Crippen LogP contribution >= 0.6 is 23.4 Å². The zero-order valence-electron chi connectivity index (χ0n) is 22.8. The van der Waals surface area contributed by atoms with Crippen LogP contribution in [0.1, 0.15) is 25.8 Å². The second-order valence-corrected chi connectivity index (χ2v) is 11.9. The highest BCUT2D eigenvalue weighted by Gasteiger charge is 2.34. The predicted octanol–water partition coefficient (Wildman–Crippen LogP) is 5.43. The third kappa shape index (κ3) is 4.90. The van der Waals surface area contributed by atoms with Crippen molar-refractivity contribution >= 4 is 46.0 Å². The maximum atomic E-state index is 15.2. The summed E-state index contributed by atoms with van der Waals surface area (Å²) in [5, 5.41) is 0.567. The van der Waals surface area contributed by atoms with E-state index in [0.29, 0.717) is 47.1 Å². The monoisotopic (exact) mass is 588 g/mol. The van der Waals surface area contributed by atoms with Crippen molar-refractivity contribution in [3.8, 4) is 11.1 Å². The molecule has 0 saturated carbocycles. The number of aryl methyl sites for hydroxylation is 1. The Bertz CT molecular complexity index is 1570. The van der Waals surface area contributed by atoms with Crippen molar-refractivity contribution in [3.05, 3.63) is 63.6 Å². The van der Waals surface area contributed by atoms with E-state index in [9.17, 15) is 14.0 Å². The number of anilines is 1. The zero-order chi connectivity index (χ0) is 28.9. The first-order chi connectivity index (χ1) is 19.0. The molecule has 0 N–H and O–H groups in total. The molecule has 212 valence electrons. The van der Waals surface area contributed by atoms with Crippen molar-refractivity contribution in [2.45, 2.75) is 56.8 Å². The van der Waals surface area contributed by atoms with Gasteiger partial charge >= 0.3 is 5.69 Å².